The highest BCUT2D eigenvalue weighted by atomic mass is 16.3. The molecule has 0 fully saturated rings. The van der Waals surface area contributed by atoms with E-state index < -0.39 is 0 Å². The number of carbonyl (C=O) groups excluding carboxylic acids is 1. The number of nitrogens with one attached hydrogen (secondary N) is 1. The maximum atomic E-state index is 12.4. The zero-order valence-electron chi connectivity index (χ0n) is 14.1. The first-order chi connectivity index (χ1) is 12.1. The molecule has 5 heteroatoms. The number of benzene rings is 2. The van der Waals surface area contributed by atoms with Gasteiger partial charge in [-0.25, -0.2) is 0 Å². The predicted octanol–water partition coefficient (Wildman–Crippen LogP) is 2.68. The van der Waals surface area contributed by atoms with Gasteiger partial charge in [-0.2, -0.15) is 0 Å². The Morgan fingerprint density at radius 2 is 1.92 bits per heavy atom. The molecule has 1 aromatic heterocycles. The molecule has 128 valence electrons. The molecule has 0 bridgehead atoms. The lowest BCUT2D eigenvalue weighted by molar-refractivity contribution is -0.115. The summed E-state index contributed by atoms with van der Waals surface area (Å²) in [6.07, 6.45) is 0.267. The Morgan fingerprint density at radius 1 is 1.16 bits per heavy atom. The summed E-state index contributed by atoms with van der Waals surface area (Å²) in [6.45, 7) is 2.25. The van der Waals surface area contributed by atoms with Crippen molar-refractivity contribution in [2.45, 2.75) is 26.5 Å². The Morgan fingerprint density at radius 3 is 2.68 bits per heavy atom. The van der Waals surface area contributed by atoms with Gasteiger partial charge in [-0.05, 0) is 35.7 Å². The standard InChI is InChI=1S/C20H21N3O2/c1-13-8-16(12-24)17-6-3-7-18(20(17)22-13)23-19(25)10-14-4-2-5-15(9-14)11-21/h2-9,24H,10-12,21H2,1H3,(H,23,25). The molecule has 0 saturated carbocycles. The molecule has 3 rings (SSSR count). The van der Waals surface area contributed by atoms with E-state index in [0.29, 0.717) is 17.7 Å². The zero-order chi connectivity index (χ0) is 17.8. The largest absolute Gasteiger partial charge is 0.392 e. The fourth-order valence-electron chi connectivity index (χ4n) is 2.94. The van der Waals surface area contributed by atoms with Crippen molar-refractivity contribution in [3.8, 4) is 0 Å². The normalized spacial score (nSPS) is 10.8. The van der Waals surface area contributed by atoms with Crippen molar-refractivity contribution < 1.29 is 9.90 Å². The molecule has 4 N–H and O–H groups in total. The second-order valence-corrected chi connectivity index (χ2v) is 6.03. The Kier molecular flexibility index (Phi) is 5.07. The van der Waals surface area contributed by atoms with Gasteiger partial charge >= 0.3 is 0 Å². The van der Waals surface area contributed by atoms with E-state index in [1.54, 1.807) is 0 Å². The quantitative estimate of drug-likeness (QED) is 0.669. The van der Waals surface area contributed by atoms with Gasteiger partial charge in [-0.1, -0.05) is 36.4 Å². The molecule has 1 amide bonds. The van der Waals surface area contributed by atoms with Crippen molar-refractivity contribution >= 4 is 22.5 Å². The number of amides is 1. The summed E-state index contributed by atoms with van der Waals surface area (Å²) in [5.74, 6) is -0.115. The summed E-state index contributed by atoms with van der Waals surface area (Å²) >= 11 is 0. The molecule has 3 aromatic rings. The fourth-order valence-corrected chi connectivity index (χ4v) is 2.94. The second kappa shape index (κ2) is 7.42. The number of anilines is 1. The predicted molar refractivity (Wildman–Crippen MR) is 99.1 cm³/mol. The van der Waals surface area contributed by atoms with Crippen molar-refractivity contribution in [2.24, 2.45) is 5.73 Å². The first kappa shape index (κ1) is 17.1. The monoisotopic (exact) mass is 335 g/mol. The van der Waals surface area contributed by atoms with Crippen molar-refractivity contribution in [1.82, 2.24) is 4.98 Å². The molecule has 0 saturated heterocycles. The SMILES string of the molecule is Cc1cc(CO)c2cccc(NC(=O)Cc3cccc(CN)c3)c2n1. The van der Waals surface area contributed by atoms with Gasteiger partial charge in [0.1, 0.15) is 0 Å². The third-order valence-corrected chi connectivity index (χ3v) is 4.09. The van der Waals surface area contributed by atoms with Crippen LogP contribution in [0.4, 0.5) is 5.69 Å². The Labute approximate surface area is 146 Å². The van der Waals surface area contributed by atoms with Crippen molar-refractivity contribution in [3.63, 3.8) is 0 Å². The molecule has 0 aliphatic heterocycles. The summed E-state index contributed by atoms with van der Waals surface area (Å²) in [6, 6.07) is 15.1. The summed E-state index contributed by atoms with van der Waals surface area (Å²) in [5.41, 5.74) is 10.5. The van der Waals surface area contributed by atoms with Crippen LogP contribution in [0, 0.1) is 6.92 Å². The van der Waals surface area contributed by atoms with Crippen LogP contribution in [0.1, 0.15) is 22.4 Å². The topological polar surface area (TPSA) is 88.2 Å². The van der Waals surface area contributed by atoms with Crippen molar-refractivity contribution in [2.75, 3.05) is 5.32 Å². The van der Waals surface area contributed by atoms with Gasteiger partial charge in [-0.3, -0.25) is 9.78 Å². The lowest BCUT2D eigenvalue weighted by atomic mass is 10.1. The summed E-state index contributed by atoms with van der Waals surface area (Å²) in [7, 11) is 0. The number of aliphatic hydroxyl groups is 1. The molecule has 5 nitrogen and oxygen atoms in total. The highest BCUT2D eigenvalue weighted by molar-refractivity contribution is 6.01. The van der Waals surface area contributed by atoms with Gasteiger partial charge in [0, 0.05) is 17.6 Å². The van der Waals surface area contributed by atoms with Gasteiger partial charge in [0.05, 0.1) is 24.2 Å². The number of nitrogens with two attached hydrogens (primary N) is 1. The summed E-state index contributed by atoms with van der Waals surface area (Å²) in [4.78, 5) is 17.0. The molecule has 1 heterocycles. The number of aromatic nitrogens is 1. The van der Waals surface area contributed by atoms with Gasteiger partial charge in [0.25, 0.3) is 0 Å². The first-order valence-corrected chi connectivity index (χ1v) is 8.18. The fraction of sp³-hybridized carbons (Fsp3) is 0.200. The molecule has 0 spiro atoms. The van der Waals surface area contributed by atoms with E-state index in [-0.39, 0.29) is 18.9 Å². The highest BCUT2D eigenvalue weighted by Gasteiger charge is 2.11. The number of rotatable bonds is 5. The van der Waals surface area contributed by atoms with Gasteiger partial charge in [0.2, 0.25) is 5.91 Å². The Bertz CT molecular complexity index is 922. The van der Waals surface area contributed by atoms with E-state index in [1.165, 1.54) is 0 Å². The van der Waals surface area contributed by atoms with E-state index >= 15 is 0 Å². The summed E-state index contributed by atoms with van der Waals surface area (Å²) in [5, 5.41) is 13.3. The number of fused-ring (bicyclic) bond motifs is 1. The van der Waals surface area contributed by atoms with E-state index in [2.05, 4.69) is 10.3 Å². The van der Waals surface area contributed by atoms with Crippen LogP contribution in [0.5, 0.6) is 0 Å². The molecular formula is C20H21N3O2. The number of hydrogen-bond acceptors (Lipinski definition) is 4. The smallest absolute Gasteiger partial charge is 0.228 e. The van der Waals surface area contributed by atoms with Crippen LogP contribution in [0.3, 0.4) is 0 Å². The molecule has 2 aromatic carbocycles. The molecule has 0 aliphatic carbocycles. The maximum Gasteiger partial charge on any atom is 0.228 e. The van der Waals surface area contributed by atoms with Gasteiger partial charge in [0.15, 0.2) is 0 Å². The third-order valence-electron chi connectivity index (χ3n) is 4.09. The number of para-hydroxylation sites is 1. The number of aryl methyl sites for hydroxylation is 1. The third kappa shape index (κ3) is 3.84. The molecule has 0 atom stereocenters. The molecule has 0 unspecified atom stereocenters. The van der Waals surface area contributed by atoms with Gasteiger partial charge in [-0.15, -0.1) is 0 Å². The lowest BCUT2D eigenvalue weighted by Gasteiger charge is -2.11. The van der Waals surface area contributed by atoms with Crippen LogP contribution >= 0.6 is 0 Å². The number of hydrogen-bond donors (Lipinski definition) is 3. The van der Waals surface area contributed by atoms with Crippen LogP contribution in [0.25, 0.3) is 10.9 Å². The number of nitrogens with zero attached hydrogens (tertiary/aromatic N) is 1. The number of pyridine rings is 1. The minimum absolute atomic E-state index is 0.0663. The Hall–Kier alpha value is -2.76. The number of carbonyl (C=O) groups is 1. The van der Waals surface area contributed by atoms with Gasteiger partial charge < -0.3 is 16.2 Å². The van der Waals surface area contributed by atoms with E-state index in [4.69, 9.17) is 5.73 Å². The van der Waals surface area contributed by atoms with Crippen LogP contribution in [0.15, 0.2) is 48.5 Å². The minimum Gasteiger partial charge on any atom is -0.392 e. The van der Waals surface area contributed by atoms with E-state index in [9.17, 15) is 9.90 Å². The van der Waals surface area contributed by atoms with Crippen LogP contribution in [-0.2, 0) is 24.4 Å². The van der Waals surface area contributed by atoms with Crippen molar-refractivity contribution in [3.05, 3.63) is 70.9 Å². The number of aliphatic hydroxyl groups excluding tert-OH is 1. The maximum absolute atomic E-state index is 12.4. The van der Waals surface area contributed by atoms with Crippen molar-refractivity contribution in [1.29, 1.82) is 0 Å². The molecule has 25 heavy (non-hydrogen) atoms. The molecule has 0 radical (unpaired) electrons. The van der Waals surface area contributed by atoms with Crippen LogP contribution < -0.4 is 11.1 Å². The molecular weight excluding hydrogens is 314 g/mol. The summed E-state index contributed by atoms with van der Waals surface area (Å²) < 4.78 is 0. The zero-order valence-corrected chi connectivity index (χ0v) is 14.1. The van der Waals surface area contributed by atoms with Crippen LogP contribution in [-0.4, -0.2) is 16.0 Å². The van der Waals surface area contributed by atoms with E-state index in [0.717, 1.165) is 27.8 Å². The second-order valence-electron chi connectivity index (χ2n) is 6.03. The molecule has 0 aliphatic rings. The first-order valence-electron chi connectivity index (χ1n) is 8.18. The average molecular weight is 335 g/mol. The van der Waals surface area contributed by atoms with E-state index in [1.807, 2.05) is 55.5 Å². The lowest BCUT2D eigenvalue weighted by Crippen LogP contribution is -2.15. The highest BCUT2D eigenvalue weighted by Crippen LogP contribution is 2.25. The van der Waals surface area contributed by atoms with Crippen LogP contribution in [0.2, 0.25) is 0 Å². The Balaban J connectivity index is 1.87. The minimum atomic E-state index is -0.115. The average Bonchev–Trinajstić information content (AvgIpc) is 2.61.